The molecule has 0 N–H and O–H groups in total. The topological polar surface area (TPSA) is 76.7 Å². The SMILES string of the molecule is O=c1n(Cc2ccccc2F)nc2c(S(=O)(=O)N3CCCCC3)cccn12. The summed E-state index contributed by atoms with van der Waals surface area (Å²) in [5, 5.41) is 4.20. The average molecular weight is 390 g/mol. The van der Waals surface area contributed by atoms with E-state index in [0.29, 0.717) is 18.7 Å². The summed E-state index contributed by atoms with van der Waals surface area (Å²) in [4.78, 5) is 12.6. The van der Waals surface area contributed by atoms with Crippen LogP contribution in [0.4, 0.5) is 4.39 Å². The van der Waals surface area contributed by atoms with Crippen LogP contribution in [0.1, 0.15) is 24.8 Å². The van der Waals surface area contributed by atoms with Crippen molar-refractivity contribution in [3.63, 3.8) is 0 Å². The van der Waals surface area contributed by atoms with Gasteiger partial charge in [-0.05, 0) is 31.0 Å². The Bertz CT molecular complexity index is 1150. The smallest absolute Gasteiger partial charge is 0.249 e. The lowest BCUT2D eigenvalue weighted by atomic mass is 10.2. The monoisotopic (exact) mass is 390 g/mol. The lowest BCUT2D eigenvalue weighted by Crippen LogP contribution is -2.35. The van der Waals surface area contributed by atoms with Crippen molar-refractivity contribution in [2.75, 3.05) is 13.1 Å². The summed E-state index contributed by atoms with van der Waals surface area (Å²) in [5.41, 5.74) is -0.142. The highest BCUT2D eigenvalue weighted by Crippen LogP contribution is 2.23. The van der Waals surface area contributed by atoms with Crippen LogP contribution in [0.5, 0.6) is 0 Å². The van der Waals surface area contributed by atoms with Gasteiger partial charge in [0.05, 0.1) is 6.54 Å². The summed E-state index contributed by atoms with van der Waals surface area (Å²) >= 11 is 0. The van der Waals surface area contributed by atoms with Gasteiger partial charge < -0.3 is 0 Å². The van der Waals surface area contributed by atoms with Crippen molar-refractivity contribution in [3.8, 4) is 0 Å². The van der Waals surface area contributed by atoms with Crippen molar-refractivity contribution in [1.82, 2.24) is 18.5 Å². The Labute approximate surface area is 155 Å². The molecule has 1 aromatic carbocycles. The number of fused-ring (bicyclic) bond motifs is 1. The first-order chi connectivity index (χ1) is 13.0. The number of aromatic nitrogens is 3. The third kappa shape index (κ3) is 3.17. The standard InChI is InChI=1S/C18H19FN4O3S/c19-15-8-3-2-7-14(15)13-23-18(24)22-12-6-9-16(17(22)20-23)27(25,26)21-10-4-1-5-11-21/h2-3,6-9,12H,1,4-5,10-11,13H2. The summed E-state index contributed by atoms with van der Waals surface area (Å²) in [6, 6.07) is 9.08. The quantitative estimate of drug-likeness (QED) is 0.681. The normalized spacial score (nSPS) is 16.0. The summed E-state index contributed by atoms with van der Waals surface area (Å²) in [7, 11) is -3.75. The summed E-state index contributed by atoms with van der Waals surface area (Å²) in [6.45, 7) is 0.851. The van der Waals surface area contributed by atoms with E-state index in [1.165, 1.54) is 33.1 Å². The predicted octanol–water partition coefficient (Wildman–Crippen LogP) is 1.86. The number of nitrogens with zero attached hydrogens (tertiary/aromatic N) is 4. The molecule has 1 aliphatic rings. The van der Waals surface area contributed by atoms with E-state index in [4.69, 9.17) is 0 Å². The summed E-state index contributed by atoms with van der Waals surface area (Å²) in [6.07, 6.45) is 4.11. The van der Waals surface area contributed by atoms with E-state index in [2.05, 4.69) is 5.10 Å². The van der Waals surface area contributed by atoms with Crippen LogP contribution >= 0.6 is 0 Å². The molecule has 0 radical (unpaired) electrons. The zero-order chi connectivity index (χ0) is 19.0. The summed E-state index contributed by atoms with van der Waals surface area (Å²) in [5.74, 6) is -0.442. The van der Waals surface area contributed by atoms with Gasteiger partial charge in [-0.25, -0.2) is 26.7 Å². The molecule has 9 heteroatoms. The number of hydrogen-bond acceptors (Lipinski definition) is 4. The van der Waals surface area contributed by atoms with Gasteiger partial charge in [0.15, 0.2) is 5.65 Å². The van der Waals surface area contributed by atoms with Crippen LogP contribution < -0.4 is 5.69 Å². The average Bonchev–Trinajstić information content (AvgIpc) is 3.00. The van der Waals surface area contributed by atoms with Crippen molar-refractivity contribution in [2.45, 2.75) is 30.7 Å². The van der Waals surface area contributed by atoms with Gasteiger partial charge in [-0.15, -0.1) is 5.10 Å². The maximum absolute atomic E-state index is 13.9. The third-order valence-electron chi connectivity index (χ3n) is 4.78. The molecule has 0 bridgehead atoms. The molecule has 142 valence electrons. The second kappa shape index (κ2) is 6.90. The minimum absolute atomic E-state index is 0.00344. The molecule has 2 aromatic heterocycles. The van der Waals surface area contributed by atoms with Gasteiger partial charge in [0.25, 0.3) is 0 Å². The van der Waals surface area contributed by atoms with Gasteiger partial charge in [0.1, 0.15) is 10.7 Å². The largest absolute Gasteiger partial charge is 0.350 e. The van der Waals surface area contributed by atoms with Gasteiger partial charge >= 0.3 is 5.69 Å². The van der Waals surface area contributed by atoms with Crippen molar-refractivity contribution >= 4 is 15.7 Å². The van der Waals surface area contributed by atoms with Crippen LogP contribution in [0.2, 0.25) is 0 Å². The Morgan fingerprint density at radius 2 is 1.78 bits per heavy atom. The third-order valence-corrected chi connectivity index (χ3v) is 6.70. The van der Waals surface area contributed by atoms with E-state index in [9.17, 15) is 17.6 Å². The van der Waals surface area contributed by atoms with E-state index >= 15 is 0 Å². The number of sulfonamides is 1. The fourth-order valence-electron chi connectivity index (χ4n) is 3.35. The second-order valence-corrected chi connectivity index (χ2v) is 8.47. The molecule has 3 heterocycles. The van der Waals surface area contributed by atoms with Crippen LogP contribution in [0.15, 0.2) is 52.3 Å². The number of piperidine rings is 1. The van der Waals surface area contributed by atoms with E-state index in [-0.39, 0.29) is 17.1 Å². The van der Waals surface area contributed by atoms with E-state index in [1.807, 2.05) is 0 Å². The Hall–Kier alpha value is -2.52. The van der Waals surface area contributed by atoms with Crippen molar-refractivity contribution < 1.29 is 12.8 Å². The lowest BCUT2D eigenvalue weighted by Gasteiger charge is -2.25. The molecule has 3 aromatic rings. The van der Waals surface area contributed by atoms with Gasteiger partial charge in [0.2, 0.25) is 10.0 Å². The van der Waals surface area contributed by atoms with Crippen molar-refractivity contribution in [2.24, 2.45) is 0 Å². The lowest BCUT2D eigenvalue weighted by molar-refractivity contribution is 0.347. The first-order valence-corrected chi connectivity index (χ1v) is 10.2. The highest BCUT2D eigenvalue weighted by atomic mass is 32.2. The van der Waals surface area contributed by atoms with Gasteiger partial charge in [0, 0.05) is 24.8 Å². The number of pyridine rings is 1. The highest BCUT2D eigenvalue weighted by Gasteiger charge is 2.29. The fraction of sp³-hybridized carbons (Fsp3) is 0.333. The molecular weight excluding hydrogens is 371 g/mol. The molecule has 0 unspecified atom stereocenters. The molecule has 1 saturated heterocycles. The van der Waals surface area contributed by atoms with Crippen LogP contribution in [0.25, 0.3) is 5.65 Å². The molecule has 1 fully saturated rings. The molecule has 27 heavy (non-hydrogen) atoms. The Morgan fingerprint density at radius 1 is 1.04 bits per heavy atom. The Kier molecular flexibility index (Phi) is 4.56. The zero-order valence-corrected chi connectivity index (χ0v) is 15.4. The molecule has 7 nitrogen and oxygen atoms in total. The maximum atomic E-state index is 13.9. The van der Waals surface area contributed by atoms with Gasteiger partial charge in [-0.1, -0.05) is 24.6 Å². The molecule has 0 saturated carbocycles. The fourth-order valence-corrected chi connectivity index (χ4v) is 4.99. The van der Waals surface area contributed by atoms with Crippen LogP contribution in [-0.2, 0) is 16.6 Å². The Balaban J connectivity index is 1.80. The predicted molar refractivity (Wildman–Crippen MR) is 97.6 cm³/mol. The maximum Gasteiger partial charge on any atom is 0.350 e. The summed E-state index contributed by atoms with van der Waals surface area (Å²) < 4.78 is 43.7. The molecule has 0 spiro atoms. The number of rotatable bonds is 4. The van der Waals surface area contributed by atoms with Crippen molar-refractivity contribution in [3.05, 3.63) is 64.5 Å². The van der Waals surface area contributed by atoms with Crippen molar-refractivity contribution in [1.29, 1.82) is 0 Å². The molecule has 4 rings (SSSR count). The van der Waals surface area contributed by atoms with E-state index in [1.54, 1.807) is 18.2 Å². The van der Waals surface area contributed by atoms with Gasteiger partial charge in [-0.3, -0.25) is 0 Å². The molecule has 1 aliphatic heterocycles. The molecule has 0 aliphatic carbocycles. The number of halogens is 1. The van der Waals surface area contributed by atoms with E-state index in [0.717, 1.165) is 23.9 Å². The first kappa shape index (κ1) is 17.9. The van der Waals surface area contributed by atoms with Crippen LogP contribution in [-0.4, -0.2) is 40.0 Å². The second-order valence-electron chi connectivity index (χ2n) is 6.56. The number of hydrogen-bond donors (Lipinski definition) is 0. The minimum Gasteiger partial charge on any atom is -0.249 e. The Morgan fingerprint density at radius 3 is 2.52 bits per heavy atom. The highest BCUT2D eigenvalue weighted by molar-refractivity contribution is 7.89. The van der Waals surface area contributed by atoms with Crippen LogP contribution in [0, 0.1) is 5.82 Å². The van der Waals surface area contributed by atoms with E-state index < -0.39 is 21.5 Å². The minimum atomic E-state index is -3.75. The molecule has 0 atom stereocenters. The van der Waals surface area contributed by atoms with Gasteiger partial charge in [-0.2, -0.15) is 4.31 Å². The first-order valence-electron chi connectivity index (χ1n) is 8.80. The molecule has 0 amide bonds. The van der Waals surface area contributed by atoms with Crippen LogP contribution in [0.3, 0.4) is 0 Å². The number of benzene rings is 1. The zero-order valence-electron chi connectivity index (χ0n) is 14.6. The molecular formula is C18H19FN4O3S.